The summed E-state index contributed by atoms with van der Waals surface area (Å²) >= 11 is 0. The van der Waals surface area contributed by atoms with Gasteiger partial charge in [-0.1, -0.05) is 6.07 Å². The highest BCUT2D eigenvalue weighted by Gasteiger charge is 2.38. The van der Waals surface area contributed by atoms with Crippen LogP contribution in [0.5, 0.6) is 0 Å². The van der Waals surface area contributed by atoms with E-state index in [1.54, 1.807) is 0 Å². The first-order valence-corrected chi connectivity index (χ1v) is 7.47. The molecule has 0 radical (unpaired) electrons. The van der Waals surface area contributed by atoms with E-state index in [9.17, 15) is 8.42 Å². The van der Waals surface area contributed by atoms with E-state index in [1.165, 1.54) is 0 Å². The van der Waals surface area contributed by atoms with Crippen LogP contribution in [0.1, 0.15) is 18.9 Å². The second-order valence-electron chi connectivity index (χ2n) is 5.05. The highest BCUT2D eigenvalue weighted by molar-refractivity contribution is 7.91. The number of hydrogen-bond acceptors (Lipinski definition) is 4. The fourth-order valence-electron chi connectivity index (χ4n) is 2.22. The third-order valence-electron chi connectivity index (χ3n) is 3.32. The minimum atomic E-state index is -2.89. The van der Waals surface area contributed by atoms with Crippen molar-refractivity contribution in [3.63, 3.8) is 0 Å². The third kappa shape index (κ3) is 2.54. The maximum Gasteiger partial charge on any atom is 0.152 e. The van der Waals surface area contributed by atoms with Crippen LogP contribution in [0.4, 0.5) is 11.4 Å². The van der Waals surface area contributed by atoms with E-state index in [4.69, 9.17) is 5.73 Å². The van der Waals surface area contributed by atoms with Crippen molar-refractivity contribution in [3.8, 4) is 0 Å². The lowest BCUT2D eigenvalue weighted by Gasteiger charge is -2.26. The lowest BCUT2D eigenvalue weighted by molar-refractivity contribution is 0.574. The summed E-state index contributed by atoms with van der Waals surface area (Å²) in [5, 5.41) is 3.32. The van der Waals surface area contributed by atoms with E-state index in [2.05, 4.69) is 5.32 Å². The van der Waals surface area contributed by atoms with E-state index >= 15 is 0 Å². The van der Waals surface area contributed by atoms with Crippen molar-refractivity contribution < 1.29 is 8.42 Å². The topological polar surface area (TPSA) is 72.2 Å². The standard InChI is InChI=1S/C12H18N2O2S/c1-9-10(13)4-3-5-11(9)14-12(2)6-7-17(15,16)8-12/h3-5,14H,6-8,13H2,1-2H3. The number of hydrogen-bond donors (Lipinski definition) is 2. The van der Waals surface area contributed by atoms with Crippen molar-refractivity contribution in [2.75, 3.05) is 22.6 Å². The Labute approximate surface area is 102 Å². The predicted molar refractivity (Wildman–Crippen MR) is 70.9 cm³/mol. The Hall–Kier alpha value is -1.23. The van der Waals surface area contributed by atoms with Crippen LogP contribution >= 0.6 is 0 Å². The first-order chi connectivity index (χ1) is 7.81. The van der Waals surface area contributed by atoms with Gasteiger partial charge in [-0.05, 0) is 38.0 Å². The number of nitrogen functional groups attached to an aromatic ring is 1. The summed E-state index contributed by atoms with van der Waals surface area (Å²) < 4.78 is 23.0. The van der Waals surface area contributed by atoms with Gasteiger partial charge in [0.05, 0.1) is 11.5 Å². The monoisotopic (exact) mass is 254 g/mol. The fraction of sp³-hybridized carbons (Fsp3) is 0.500. The number of anilines is 2. The van der Waals surface area contributed by atoms with Crippen molar-refractivity contribution >= 4 is 21.2 Å². The number of nitrogens with two attached hydrogens (primary N) is 1. The average molecular weight is 254 g/mol. The molecule has 94 valence electrons. The van der Waals surface area contributed by atoms with Gasteiger partial charge >= 0.3 is 0 Å². The zero-order chi connectivity index (χ0) is 12.7. The third-order valence-corrected chi connectivity index (χ3v) is 5.22. The quantitative estimate of drug-likeness (QED) is 0.786. The van der Waals surface area contributed by atoms with Crippen molar-refractivity contribution in [3.05, 3.63) is 23.8 Å². The van der Waals surface area contributed by atoms with E-state index in [1.807, 2.05) is 32.0 Å². The van der Waals surface area contributed by atoms with Gasteiger partial charge in [-0.2, -0.15) is 0 Å². The van der Waals surface area contributed by atoms with E-state index in [-0.39, 0.29) is 17.0 Å². The summed E-state index contributed by atoms with van der Waals surface area (Å²) in [4.78, 5) is 0. The van der Waals surface area contributed by atoms with Crippen LogP contribution in [-0.4, -0.2) is 25.5 Å². The van der Waals surface area contributed by atoms with Gasteiger partial charge in [-0.3, -0.25) is 0 Å². The molecular formula is C12H18N2O2S. The predicted octanol–water partition coefficient (Wildman–Crippen LogP) is 1.57. The summed E-state index contributed by atoms with van der Waals surface area (Å²) in [6.45, 7) is 3.88. The second-order valence-corrected chi connectivity index (χ2v) is 7.23. The molecule has 0 aromatic heterocycles. The number of nitrogens with one attached hydrogen (secondary N) is 1. The van der Waals surface area contributed by atoms with Gasteiger partial charge in [-0.25, -0.2) is 8.42 Å². The molecular weight excluding hydrogens is 236 g/mol. The summed E-state index contributed by atoms with van der Waals surface area (Å²) in [5.41, 5.74) is 8.07. The summed E-state index contributed by atoms with van der Waals surface area (Å²) in [6.07, 6.45) is 0.642. The van der Waals surface area contributed by atoms with Crippen molar-refractivity contribution in [1.82, 2.24) is 0 Å². The largest absolute Gasteiger partial charge is 0.398 e. The molecule has 0 bridgehead atoms. The van der Waals surface area contributed by atoms with Gasteiger partial charge in [0.15, 0.2) is 9.84 Å². The molecule has 1 aromatic carbocycles. The molecule has 1 aliphatic rings. The van der Waals surface area contributed by atoms with Crippen LogP contribution in [0.15, 0.2) is 18.2 Å². The Kier molecular flexibility index (Phi) is 2.81. The highest BCUT2D eigenvalue weighted by atomic mass is 32.2. The average Bonchev–Trinajstić information content (AvgIpc) is 2.49. The molecule has 0 aliphatic carbocycles. The van der Waals surface area contributed by atoms with Crippen molar-refractivity contribution in [1.29, 1.82) is 0 Å². The lowest BCUT2D eigenvalue weighted by atomic mass is 10.0. The van der Waals surface area contributed by atoms with Crippen molar-refractivity contribution in [2.24, 2.45) is 0 Å². The molecule has 1 aliphatic heterocycles. The van der Waals surface area contributed by atoms with Crippen LogP contribution in [0.25, 0.3) is 0 Å². The minimum Gasteiger partial charge on any atom is -0.398 e. The number of sulfone groups is 1. The Morgan fingerprint density at radius 3 is 2.71 bits per heavy atom. The lowest BCUT2D eigenvalue weighted by Crippen LogP contribution is -2.36. The smallest absolute Gasteiger partial charge is 0.152 e. The second kappa shape index (κ2) is 3.91. The van der Waals surface area contributed by atoms with Crippen molar-refractivity contribution in [2.45, 2.75) is 25.8 Å². The summed E-state index contributed by atoms with van der Waals surface area (Å²) in [6, 6.07) is 5.65. The summed E-state index contributed by atoms with van der Waals surface area (Å²) in [7, 11) is -2.89. The van der Waals surface area contributed by atoms with Gasteiger partial charge < -0.3 is 11.1 Å². The van der Waals surface area contributed by atoms with Gasteiger partial charge in [0.2, 0.25) is 0 Å². The number of rotatable bonds is 2. The molecule has 1 aromatic rings. The molecule has 1 unspecified atom stereocenters. The van der Waals surface area contributed by atoms with Crippen LogP contribution in [0.2, 0.25) is 0 Å². The first-order valence-electron chi connectivity index (χ1n) is 5.65. The maximum absolute atomic E-state index is 11.5. The van der Waals surface area contributed by atoms with Crippen LogP contribution in [-0.2, 0) is 9.84 Å². The van der Waals surface area contributed by atoms with E-state index in [0.717, 1.165) is 16.9 Å². The van der Waals surface area contributed by atoms with Gasteiger partial charge in [0.25, 0.3) is 0 Å². The Balaban J connectivity index is 2.25. The first kappa shape index (κ1) is 12.2. The highest BCUT2D eigenvalue weighted by Crippen LogP contribution is 2.30. The molecule has 1 fully saturated rings. The molecule has 17 heavy (non-hydrogen) atoms. The normalized spacial score (nSPS) is 26.9. The molecule has 1 atom stereocenters. The molecule has 0 amide bonds. The number of benzene rings is 1. The molecule has 3 N–H and O–H groups in total. The molecule has 1 heterocycles. The van der Waals surface area contributed by atoms with Gasteiger partial charge in [0, 0.05) is 16.9 Å². The molecule has 0 spiro atoms. The van der Waals surface area contributed by atoms with Gasteiger partial charge in [0.1, 0.15) is 0 Å². The van der Waals surface area contributed by atoms with Crippen LogP contribution in [0.3, 0.4) is 0 Å². The molecule has 1 saturated heterocycles. The molecule has 0 saturated carbocycles. The van der Waals surface area contributed by atoms with Gasteiger partial charge in [-0.15, -0.1) is 0 Å². The fourth-order valence-corrected chi connectivity index (χ4v) is 4.32. The van der Waals surface area contributed by atoms with E-state index in [0.29, 0.717) is 6.42 Å². The SMILES string of the molecule is Cc1c(N)cccc1NC1(C)CCS(=O)(=O)C1. The molecule has 2 rings (SSSR count). The zero-order valence-electron chi connectivity index (χ0n) is 10.2. The van der Waals surface area contributed by atoms with E-state index < -0.39 is 9.84 Å². The molecule has 5 heteroatoms. The Morgan fingerprint density at radius 2 is 2.12 bits per heavy atom. The Bertz CT molecular complexity index is 539. The van der Waals surface area contributed by atoms with Crippen LogP contribution < -0.4 is 11.1 Å². The Morgan fingerprint density at radius 1 is 1.41 bits per heavy atom. The summed E-state index contributed by atoms with van der Waals surface area (Å²) in [5.74, 6) is 0.450. The zero-order valence-corrected chi connectivity index (χ0v) is 11.0. The minimum absolute atomic E-state index is 0.189. The molecule has 4 nitrogen and oxygen atoms in total. The van der Waals surface area contributed by atoms with Crippen LogP contribution in [0, 0.1) is 6.92 Å². The maximum atomic E-state index is 11.5.